The standard InChI is InChI=1S/C22H28N4O/c1-17-7-5-12-26(14-17)22(27)19-10-6-11-25(15-19)21-13-20(23-16-24-21)18-8-3-2-4-9-18/h2-4,8-9,13,16-17,19H,5-7,10-12,14-15H2,1H3. The van der Waals surface area contributed by atoms with Gasteiger partial charge in [0.25, 0.3) is 0 Å². The van der Waals surface area contributed by atoms with Gasteiger partial charge in [0, 0.05) is 37.8 Å². The van der Waals surface area contributed by atoms with Crippen molar-refractivity contribution in [2.75, 3.05) is 31.1 Å². The number of likely N-dealkylation sites (tertiary alicyclic amines) is 1. The highest BCUT2D eigenvalue weighted by atomic mass is 16.2. The van der Waals surface area contributed by atoms with Crippen molar-refractivity contribution in [3.8, 4) is 11.3 Å². The van der Waals surface area contributed by atoms with Gasteiger partial charge in [0.2, 0.25) is 5.91 Å². The summed E-state index contributed by atoms with van der Waals surface area (Å²) in [4.78, 5) is 26.3. The zero-order valence-electron chi connectivity index (χ0n) is 16.1. The van der Waals surface area contributed by atoms with Crippen LogP contribution in [0, 0.1) is 11.8 Å². The predicted octanol–water partition coefficient (Wildman–Crippen LogP) is 3.62. The summed E-state index contributed by atoms with van der Waals surface area (Å²) in [6.07, 6.45) is 6.02. The molecule has 2 atom stereocenters. The quantitative estimate of drug-likeness (QED) is 0.835. The summed E-state index contributed by atoms with van der Waals surface area (Å²) in [6.45, 7) is 5.80. The fourth-order valence-electron chi connectivity index (χ4n) is 4.32. The first-order chi connectivity index (χ1) is 13.2. The van der Waals surface area contributed by atoms with Crippen LogP contribution in [0.2, 0.25) is 0 Å². The molecule has 0 radical (unpaired) electrons. The van der Waals surface area contributed by atoms with Gasteiger partial charge in [-0.15, -0.1) is 0 Å². The summed E-state index contributed by atoms with van der Waals surface area (Å²) in [5.41, 5.74) is 2.02. The molecule has 0 bridgehead atoms. The zero-order chi connectivity index (χ0) is 18.6. The molecule has 1 aromatic heterocycles. The number of hydrogen-bond acceptors (Lipinski definition) is 4. The number of carbonyl (C=O) groups excluding carboxylic acids is 1. The number of anilines is 1. The van der Waals surface area contributed by atoms with Gasteiger partial charge < -0.3 is 9.80 Å². The molecule has 1 amide bonds. The normalized spacial score (nSPS) is 23.3. The van der Waals surface area contributed by atoms with Crippen LogP contribution in [0.1, 0.15) is 32.6 Å². The van der Waals surface area contributed by atoms with E-state index in [1.54, 1.807) is 6.33 Å². The predicted molar refractivity (Wildman–Crippen MR) is 107 cm³/mol. The Bertz CT molecular complexity index is 779. The van der Waals surface area contributed by atoms with Gasteiger partial charge in [-0.05, 0) is 31.6 Å². The Kier molecular flexibility index (Phi) is 5.37. The molecule has 0 saturated carbocycles. The third-order valence-electron chi connectivity index (χ3n) is 5.79. The van der Waals surface area contributed by atoms with Crippen LogP contribution in [-0.4, -0.2) is 47.0 Å². The van der Waals surface area contributed by atoms with Gasteiger partial charge in [0.05, 0.1) is 11.6 Å². The van der Waals surface area contributed by atoms with Gasteiger partial charge in [-0.3, -0.25) is 4.79 Å². The van der Waals surface area contributed by atoms with Crippen molar-refractivity contribution < 1.29 is 4.79 Å². The van der Waals surface area contributed by atoms with Crippen LogP contribution >= 0.6 is 0 Å². The Labute approximate surface area is 161 Å². The maximum atomic E-state index is 13.0. The number of carbonyl (C=O) groups is 1. The maximum absolute atomic E-state index is 13.0. The van der Waals surface area contributed by atoms with E-state index in [2.05, 4.69) is 38.8 Å². The highest BCUT2D eigenvalue weighted by Gasteiger charge is 2.31. The Hall–Kier alpha value is -2.43. The summed E-state index contributed by atoms with van der Waals surface area (Å²) in [5.74, 6) is 1.97. The van der Waals surface area contributed by atoms with Gasteiger partial charge in [0.15, 0.2) is 0 Å². The lowest BCUT2D eigenvalue weighted by atomic mass is 9.93. The second kappa shape index (κ2) is 8.07. The number of rotatable bonds is 3. The molecule has 142 valence electrons. The first-order valence-corrected chi connectivity index (χ1v) is 10.1. The Morgan fingerprint density at radius 2 is 1.85 bits per heavy atom. The Balaban J connectivity index is 1.47. The lowest BCUT2D eigenvalue weighted by Gasteiger charge is -2.38. The fourth-order valence-corrected chi connectivity index (χ4v) is 4.32. The lowest BCUT2D eigenvalue weighted by Crippen LogP contribution is -2.47. The van der Waals surface area contributed by atoms with Gasteiger partial charge in [-0.2, -0.15) is 0 Å². The molecule has 2 aliphatic heterocycles. The molecule has 2 aromatic rings. The molecule has 27 heavy (non-hydrogen) atoms. The monoisotopic (exact) mass is 364 g/mol. The minimum atomic E-state index is 0.0826. The topological polar surface area (TPSA) is 49.3 Å². The number of amides is 1. The van der Waals surface area contributed by atoms with Crippen LogP contribution in [0.3, 0.4) is 0 Å². The van der Waals surface area contributed by atoms with Crippen molar-refractivity contribution in [3.05, 3.63) is 42.7 Å². The minimum absolute atomic E-state index is 0.0826. The molecule has 2 aliphatic rings. The SMILES string of the molecule is CC1CCCN(C(=O)C2CCCN(c3cc(-c4ccccc4)ncn3)C2)C1. The first-order valence-electron chi connectivity index (χ1n) is 10.1. The molecular formula is C22H28N4O. The first kappa shape index (κ1) is 18.0. The van der Waals surface area contributed by atoms with Gasteiger partial charge >= 0.3 is 0 Å². The Morgan fingerprint density at radius 1 is 1.04 bits per heavy atom. The molecule has 2 fully saturated rings. The molecule has 0 spiro atoms. The smallest absolute Gasteiger partial charge is 0.227 e. The van der Waals surface area contributed by atoms with Crippen molar-refractivity contribution in [2.24, 2.45) is 11.8 Å². The number of piperidine rings is 2. The van der Waals surface area contributed by atoms with Crippen molar-refractivity contribution >= 4 is 11.7 Å². The second-order valence-corrected chi connectivity index (χ2v) is 7.94. The minimum Gasteiger partial charge on any atom is -0.356 e. The highest BCUT2D eigenvalue weighted by Crippen LogP contribution is 2.27. The molecule has 0 N–H and O–H groups in total. The number of hydrogen-bond donors (Lipinski definition) is 0. The van der Waals surface area contributed by atoms with Crippen LogP contribution in [-0.2, 0) is 4.79 Å². The molecular weight excluding hydrogens is 336 g/mol. The maximum Gasteiger partial charge on any atom is 0.227 e. The molecule has 4 rings (SSSR count). The molecule has 1 aromatic carbocycles. The average Bonchev–Trinajstić information content (AvgIpc) is 2.74. The van der Waals surface area contributed by atoms with Crippen molar-refractivity contribution in [1.29, 1.82) is 0 Å². The van der Waals surface area contributed by atoms with E-state index in [4.69, 9.17) is 0 Å². The van der Waals surface area contributed by atoms with Crippen molar-refractivity contribution in [3.63, 3.8) is 0 Å². The van der Waals surface area contributed by atoms with Crippen LogP contribution in [0.4, 0.5) is 5.82 Å². The third-order valence-corrected chi connectivity index (χ3v) is 5.79. The summed E-state index contributed by atoms with van der Waals surface area (Å²) < 4.78 is 0. The van der Waals surface area contributed by atoms with E-state index < -0.39 is 0 Å². The van der Waals surface area contributed by atoms with Gasteiger partial charge in [-0.25, -0.2) is 9.97 Å². The van der Waals surface area contributed by atoms with Crippen LogP contribution in [0.5, 0.6) is 0 Å². The Morgan fingerprint density at radius 3 is 2.67 bits per heavy atom. The summed E-state index contributed by atoms with van der Waals surface area (Å²) in [5, 5.41) is 0. The van der Waals surface area contributed by atoms with E-state index in [1.807, 2.05) is 24.3 Å². The second-order valence-electron chi connectivity index (χ2n) is 7.94. The van der Waals surface area contributed by atoms with E-state index in [0.29, 0.717) is 11.8 Å². The van der Waals surface area contributed by atoms with E-state index in [9.17, 15) is 4.79 Å². The fraction of sp³-hybridized carbons (Fsp3) is 0.500. The van der Waals surface area contributed by atoms with Gasteiger partial charge in [-0.1, -0.05) is 37.3 Å². The van der Waals surface area contributed by atoms with Crippen molar-refractivity contribution in [2.45, 2.75) is 32.6 Å². The van der Waals surface area contributed by atoms with E-state index in [0.717, 1.165) is 62.5 Å². The van der Waals surface area contributed by atoms with E-state index in [-0.39, 0.29) is 5.92 Å². The molecule has 2 unspecified atom stereocenters. The number of nitrogens with zero attached hydrogens (tertiary/aromatic N) is 4. The zero-order valence-corrected chi connectivity index (χ0v) is 16.1. The summed E-state index contributed by atoms with van der Waals surface area (Å²) in [7, 11) is 0. The van der Waals surface area contributed by atoms with E-state index in [1.165, 1.54) is 6.42 Å². The summed E-state index contributed by atoms with van der Waals surface area (Å²) in [6, 6.07) is 12.2. The number of aromatic nitrogens is 2. The third kappa shape index (κ3) is 4.12. The average molecular weight is 364 g/mol. The summed E-state index contributed by atoms with van der Waals surface area (Å²) >= 11 is 0. The van der Waals surface area contributed by atoms with Crippen LogP contribution in [0.25, 0.3) is 11.3 Å². The highest BCUT2D eigenvalue weighted by molar-refractivity contribution is 5.80. The van der Waals surface area contributed by atoms with Gasteiger partial charge in [0.1, 0.15) is 12.1 Å². The lowest BCUT2D eigenvalue weighted by molar-refractivity contribution is -0.137. The molecule has 0 aliphatic carbocycles. The van der Waals surface area contributed by atoms with Crippen LogP contribution in [0.15, 0.2) is 42.7 Å². The molecule has 5 nitrogen and oxygen atoms in total. The molecule has 3 heterocycles. The largest absolute Gasteiger partial charge is 0.356 e. The van der Waals surface area contributed by atoms with Crippen molar-refractivity contribution in [1.82, 2.24) is 14.9 Å². The van der Waals surface area contributed by atoms with E-state index >= 15 is 0 Å². The van der Waals surface area contributed by atoms with Crippen LogP contribution < -0.4 is 4.90 Å². The molecule has 5 heteroatoms. The number of benzene rings is 1. The molecule has 2 saturated heterocycles.